The first kappa shape index (κ1) is 36.1. The molecular weight excluding hydrogens is 657 g/mol. The van der Waals surface area contributed by atoms with Gasteiger partial charge in [-0.25, -0.2) is 4.79 Å². The molecule has 1 unspecified atom stereocenters. The Kier molecular flexibility index (Phi) is 11.1. The largest absolute Gasteiger partial charge is 0.463 e. The minimum atomic E-state index is -1.85. The minimum Gasteiger partial charge on any atom is -0.463 e. The Morgan fingerprint density at radius 2 is 1.71 bits per heavy atom. The quantitative estimate of drug-likeness (QED) is 0.115. The topological polar surface area (TPSA) is 104 Å². The van der Waals surface area contributed by atoms with Crippen LogP contribution in [0.5, 0.6) is 6.01 Å². The number of benzene rings is 3. The number of rotatable bonds is 11. The van der Waals surface area contributed by atoms with Crippen LogP contribution in [0.3, 0.4) is 0 Å². The summed E-state index contributed by atoms with van der Waals surface area (Å²) in [6.07, 6.45) is 1.28. The van der Waals surface area contributed by atoms with E-state index in [0.717, 1.165) is 42.0 Å². The predicted octanol–water partition coefficient (Wildman–Crippen LogP) is 7.72. The Morgan fingerprint density at radius 3 is 2.49 bits per heavy atom. The number of nitrogens with zero attached hydrogens (tertiary/aromatic N) is 6. The lowest BCUT2D eigenvalue weighted by Gasteiger charge is -2.42. The highest BCUT2D eigenvalue weighted by molar-refractivity contribution is 6.74. The molecule has 1 amide bonds. The summed E-state index contributed by atoms with van der Waals surface area (Å²) in [7, 11) is -1.85. The van der Waals surface area contributed by atoms with Crippen molar-refractivity contribution < 1.29 is 18.7 Å². The SMILES string of the molecule is CC(C)(C)[Si](C)(C)OCCCOc1nc2c(c(N3CCN(C(=O)OCc4ccccc4)C(CC#N)C3)n1)CCN(c1cccc3ccccc13)C2. The number of hydrogen-bond acceptors (Lipinski definition) is 9. The summed E-state index contributed by atoms with van der Waals surface area (Å²) in [4.78, 5) is 29.5. The molecule has 0 aliphatic carbocycles. The third-order valence-corrected chi connectivity index (χ3v) is 15.0. The third-order valence-electron chi connectivity index (χ3n) is 10.5. The van der Waals surface area contributed by atoms with Gasteiger partial charge in [-0.15, -0.1) is 0 Å². The molecule has 11 heteroatoms. The molecular formula is C40H50N6O4Si. The van der Waals surface area contributed by atoms with Crippen molar-refractivity contribution in [2.75, 3.05) is 49.2 Å². The minimum absolute atomic E-state index is 0.145. The van der Waals surface area contributed by atoms with Gasteiger partial charge in [0.05, 0.1) is 37.4 Å². The van der Waals surface area contributed by atoms with Crippen LogP contribution in [0.2, 0.25) is 18.1 Å². The summed E-state index contributed by atoms with van der Waals surface area (Å²) in [5, 5.41) is 12.3. The number of carbonyl (C=O) groups excluding carboxylic acids is 1. The Balaban J connectivity index is 1.22. The fraction of sp³-hybridized carbons (Fsp3) is 0.450. The fourth-order valence-corrected chi connectivity index (χ4v) is 7.63. The van der Waals surface area contributed by atoms with Crippen molar-refractivity contribution >= 4 is 36.7 Å². The van der Waals surface area contributed by atoms with Gasteiger partial charge >= 0.3 is 12.1 Å². The Bertz CT molecular complexity index is 1850. The van der Waals surface area contributed by atoms with E-state index in [1.165, 1.54) is 16.5 Å². The summed E-state index contributed by atoms with van der Waals surface area (Å²) in [5.74, 6) is 0.824. The van der Waals surface area contributed by atoms with E-state index < -0.39 is 14.4 Å². The molecule has 2 aliphatic heterocycles. The van der Waals surface area contributed by atoms with Crippen LogP contribution in [0, 0.1) is 11.3 Å². The lowest BCUT2D eigenvalue weighted by atomic mass is 10.0. The molecule has 0 radical (unpaired) electrons. The number of nitriles is 1. The summed E-state index contributed by atoms with van der Waals surface area (Å²) in [6.45, 7) is 15.4. The molecule has 1 atom stereocenters. The molecule has 3 heterocycles. The van der Waals surface area contributed by atoms with Gasteiger partial charge < -0.3 is 28.6 Å². The zero-order valence-electron chi connectivity index (χ0n) is 30.6. The molecule has 6 rings (SSSR count). The molecule has 0 N–H and O–H groups in total. The molecule has 268 valence electrons. The van der Waals surface area contributed by atoms with E-state index in [0.29, 0.717) is 45.4 Å². The number of aromatic nitrogens is 2. The maximum Gasteiger partial charge on any atom is 0.410 e. The van der Waals surface area contributed by atoms with Gasteiger partial charge in [0.15, 0.2) is 8.32 Å². The lowest BCUT2D eigenvalue weighted by molar-refractivity contribution is 0.0767. The van der Waals surface area contributed by atoms with Crippen LogP contribution in [0.4, 0.5) is 16.3 Å². The normalized spacial score (nSPS) is 16.5. The number of fused-ring (bicyclic) bond motifs is 2. The number of anilines is 2. The van der Waals surface area contributed by atoms with Crippen LogP contribution < -0.4 is 14.5 Å². The van der Waals surface area contributed by atoms with Crippen molar-refractivity contribution in [3.05, 3.63) is 89.6 Å². The average molecular weight is 707 g/mol. The molecule has 1 fully saturated rings. The second-order valence-electron chi connectivity index (χ2n) is 14.9. The van der Waals surface area contributed by atoms with E-state index in [1.54, 1.807) is 4.90 Å². The molecule has 10 nitrogen and oxygen atoms in total. The predicted molar refractivity (Wildman–Crippen MR) is 204 cm³/mol. The van der Waals surface area contributed by atoms with Crippen LogP contribution in [0.1, 0.15) is 50.4 Å². The van der Waals surface area contributed by atoms with Crippen LogP contribution in [0.15, 0.2) is 72.8 Å². The van der Waals surface area contributed by atoms with Gasteiger partial charge in [-0.2, -0.15) is 15.2 Å². The van der Waals surface area contributed by atoms with Crippen molar-refractivity contribution in [3.8, 4) is 12.1 Å². The van der Waals surface area contributed by atoms with E-state index in [2.05, 4.69) is 92.2 Å². The van der Waals surface area contributed by atoms with Crippen molar-refractivity contribution in [2.45, 2.75) is 77.4 Å². The van der Waals surface area contributed by atoms with Gasteiger partial charge in [-0.1, -0.05) is 87.5 Å². The Hall–Kier alpha value is -4.66. The zero-order chi connectivity index (χ0) is 36.0. The van der Waals surface area contributed by atoms with Crippen molar-refractivity contribution in [1.82, 2.24) is 14.9 Å². The van der Waals surface area contributed by atoms with Gasteiger partial charge in [0.1, 0.15) is 12.4 Å². The van der Waals surface area contributed by atoms with Gasteiger partial charge in [0, 0.05) is 55.8 Å². The molecule has 2 aliphatic rings. The molecule has 1 aromatic heterocycles. The first-order chi connectivity index (χ1) is 24.5. The lowest BCUT2D eigenvalue weighted by Crippen LogP contribution is -2.55. The average Bonchev–Trinajstić information content (AvgIpc) is 3.13. The highest BCUT2D eigenvalue weighted by Crippen LogP contribution is 2.37. The number of piperazine rings is 1. The first-order valence-corrected chi connectivity index (χ1v) is 20.9. The van der Waals surface area contributed by atoms with Crippen molar-refractivity contribution in [3.63, 3.8) is 0 Å². The van der Waals surface area contributed by atoms with Crippen molar-refractivity contribution in [2.24, 2.45) is 0 Å². The van der Waals surface area contributed by atoms with E-state index >= 15 is 0 Å². The molecule has 1 saturated heterocycles. The second kappa shape index (κ2) is 15.7. The first-order valence-electron chi connectivity index (χ1n) is 18.0. The number of carbonyl (C=O) groups is 1. The zero-order valence-corrected chi connectivity index (χ0v) is 31.6. The molecule has 51 heavy (non-hydrogen) atoms. The summed E-state index contributed by atoms with van der Waals surface area (Å²) < 4.78 is 18.3. The number of ether oxygens (including phenoxy) is 2. The standard InChI is InChI=1S/C40H50N6O4Si/c1-40(2,3)51(4,5)50-26-12-25-48-38-42-35-28-44(36-18-11-16-31-15-9-10-17-33(31)36)22-20-34(35)37(43-38)45-23-24-46(32(27-45)19-21-41)39(47)49-29-30-13-7-6-8-14-30/h6-11,13-18,32H,12,19-20,22-29H2,1-5H3. The van der Waals surface area contributed by atoms with Crippen LogP contribution in [-0.4, -0.2) is 74.7 Å². The Labute approximate surface area is 303 Å². The smallest absolute Gasteiger partial charge is 0.410 e. The van der Waals surface area contributed by atoms with Crippen LogP contribution in [-0.2, 0) is 28.7 Å². The Morgan fingerprint density at radius 1 is 0.941 bits per heavy atom. The summed E-state index contributed by atoms with van der Waals surface area (Å²) in [5.41, 5.74) is 4.13. The van der Waals surface area contributed by atoms with Gasteiger partial charge in [-0.05, 0) is 41.6 Å². The highest BCUT2D eigenvalue weighted by atomic mass is 28.4. The van der Waals surface area contributed by atoms with Crippen molar-refractivity contribution in [1.29, 1.82) is 5.26 Å². The van der Waals surface area contributed by atoms with E-state index in [-0.39, 0.29) is 24.1 Å². The summed E-state index contributed by atoms with van der Waals surface area (Å²) in [6, 6.07) is 26.8. The molecule has 3 aromatic carbocycles. The molecule has 4 aromatic rings. The molecule has 0 bridgehead atoms. The van der Waals surface area contributed by atoms with Crippen LogP contribution >= 0.6 is 0 Å². The number of hydrogen-bond donors (Lipinski definition) is 0. The van der Waals surface area contributed by atoms with Gasteiger partial charge in [-0.3, -0.25) is 0 Å². The molecule has 0 saturated carbocycles. The van der Waals surface area contributed by atoms with E-state index in [4.69, 9.17) is 23.9 Å². The van der Waals surface area contributed by atoms with Crippen LogP contribution in [0.25, 0.3) is 10.8 Å². The maximum absolute atomic E-state index is 13.3. The van der Waals surface area contributed by atoms with E-state index in [1.807, 2.05) is 30.3 Å². The number of amides is 1. The maximum atomic E-state index is 13.3. The van der Waals surface area contributed by atoms with Gasteiger partial charge in [0.2, 0.25) is 0 Å². The second-order valence-corrected chi connectivity index (χ2v) is 19.7. The molecule has 0 spiro atoms. The highest BCUT2D eigenvalue weighted by Gasteiger charge is 2.37. The van der Waals surface area contributed by atoms with Gasteiger partial charge in [0.25, 0.3) is 0 Å². The fourth-order valence-electron chi connectivity index (χ4n) is 6.54. The van der Waals surface area contributed by atoms with E-state index in [9.17, 15) is 10.1 Å². The third kappa shape index (κ3) is 8.46. The monoisotopic (exact) mass is 706 g/mol. The summed E-state index contributed by atoms with van der Waals surface area (Å²) >= 11 is 0.